The lowest BCUT2D eigenvalue weighted by Gasteiger charge is -2.00. The van der Waals surface area contributed by atoms with Gasteiger partial charge in [-0.3, -0.25) is 10.1 Å². The number of carbonyl (C=O) groups is 1. The lowest BCUT2D eigenvalue weighted by Crippen LogP contribution is -2.13. The summed E-state index contributed by atoms with van der Waals surface area (Å²) in [6.07, 6.45) is 4.39. The van der Waals surface area contributed by atoms with E-state index in [0.29, 0.717) is 5.56 Å². The number of hydrogen-bond acceptors (Lipinski definition) is 8. The van der Waals surface area contributed by atoms with Crippen LogP contribution in [-0.2, 0) is 14.6 Å². The largest absolute Gasteiger partial charge is 0.296 e. The molecule has 1 aromatic heterocycles. The van der Waals surface area contributed by atoms with Crippen molar-refractivity contribution >= 4 is 50.1 Å². The van der Waals surface area contributed by atoms with E-state index in [4.69, 9.17) is 5.26 Å². The van der Waals surface area contributed by atoms with E-state index in [1.807, 2.05) is 24.5 Å². The maximum absolute atomic E-state index is 12.1. The normalized spacial score (nSPS) is 11.8. The third-order valence-electron chi connectivity index (χ3n) is 2.74. The van der Waals surface area contributed by atoms with Crippen molar-refractivity contribution in [3.8, 4) is 6.07 Å². The van der Waals surface area contributed by atoms with Gasteiger partial charge in [0.2, 0.25) is 19.3 Å². The molecule has 1 aromatic carbocycles. The van der Waals surface area contributed by atoms with Crippen molar-refractivity contribution in [3.05, 3.63) is 35.4 Å². The molecule has 2 rings (SSSR count). The van der Waals surface area contributed by atoms with Crippen LogP contribution in [0.2, 0.25) is 0 Å². The van der Waals surface area contributed by atoms with Crippen LogP contribution < -0.4 is 5.32 Å². The number of sulfone groups is 1. The average molecular weight is 380 g/mol. The van der Waals surface area contributed by atoms with E-state index in [2.05, 4.69) is 15.5 Å². The number of anilines is 1. The van der Waals surface area contributed by atoms with Gasteiger partial charge < -0.3 is 0 Å². The highest BCUT2D eigenvalue weighted by Crippen LogP contribution is 2.21. The van der Waals surface area contributed by atoms with Gasteiger partial charge in [-0.25, -0.2) is 8.42 Å². The fraction of sp³-hybridized carbons (Fsp3) is 0.143. The van der Waals surface area contributed by atoms with E-state index in [-0.39, 0.29) is 15.0 Å². The summed E-state index contributed by atoms with van der Waals surface area (Å²) in [5.41, 5.74) is 0.580. The van der Waals surface area contributed by atoms with Crippen LogP contribution in [0.25, 0.3) is 6.08 Å². The summed E-state index contributed by atoms with van der Waals surface area (Å²) in [5.74, 6) is -0.678. The Morgan fingerprint density at radius 3 is 2.50 bits per heavy atom. The molecule has 0 bridgehead atoms. The predicted molar refractivity (Wildman–Crippen MR) is 93.5 cm³/mol. The quantitative estimate of drug-likeness (QED) is 0.366. The summed E-state index contributed by atoms with van der Waals surface area (Å²) in [6.45, 7) is 0. The maximum Gasteiger partial charge on any atom is 0.268 e. The molecular weight excluding hydrogens is 368 g/mol. The van der Waals surface area contributed by atoms with Crippen molar-refractivity contribution < 1.29 is 13.2 Å². The van der Waals surface area contributed by atoms with Crippen LogP contribution in [0.1, 0.15) is 5.56 Å². The molecule has 1 amide bonds. The molecule has 7 nitrogen and oxygen atoms in total. The minimum Gasteiger partial charge on any atom is -0.296 e. The third kappa shape index (κ3) is 4.64. The summed E-state index contributed by atoms with van der Waals surface area (Å²) >= 11 is 2.31. The molecule has 124 valence electrons. The fourth-order valence-corrected chi connectivity index (χ4v) is 3.50. The van der Waals surface area contributed by atoms with E-state index in [0.717, 1.165) is 22.5 Å². The SMILES string of the molecule is CSc1ccc(/C=C(/C#N)C(=O)Nc2nnc(S(C)(=O)=O)s2)cc1. The van der Waals surface area contributed by atoms with Gasteiger partial charge in [0.25, 0.3) is 5.91 Å². The monoisotopic (exact) mass is 380 g/mol. The Kier molecular flexibility index (Phi) is 5.71. The van der Waals surface area contributed by atoms with Crippen LogP contribution in [0.5, 0.6) is 0 Å². The third-order valence-corrected chi connectivity index (χ3v) is 5.99. The van der Waals surface area contributed by atoms with Crippen LogP contribution in [0.4, 0.5) is 5.13 Å². The van der Waals surface area contributed by atoms with Crippen molar-refractivity contribution in [1.29, 1.82) is 5.26 Å². The van der Waals surface area contributed by atoms with Crippen LogP contribution in [0, 0.1) is 11.3 Å². The second-order valence-corrected chi connectivity index (χ2v) is 8.59. The summed E-state index contributed by atoms with van der Waals surface area (Å²) in [7, 11) is -3.49. The highest BCUT2D eigenvalue weighted by molar-refractivity contribution is 7.98. The average Bonchev–Trinajstić information content (AvgIpc) is 3.01. The van der Waals surface area contributed by atoms with Crippen LogP contribution in [0.3, 0.4) is 0 Å². The van der Waals surface area contributed by atoms with E-state index < -0.39 is 15.7 Å². The summed E-state index contributed by atoms with van der Waals surface area (Å²) < 4.78 is 22.5. The summed E-state index contributed by atoms with van der Waals surface area (Å²) in [5, 5.41) is 18.6. The molecule has 0 unspecified atom stereocenters. The number of benzene rings is 1. The molecule has 2 aromatic rings. The number of carbonyl (C=O) groups excluding carboxylic acids is 1. The molecule has 1 heterocycles. The number of nitrogens with one attached hydrogen (secondary N) is 1. The Morgan fingerprint density at radius 2 is 2.00 bits per heavy atom. The van der Waals surface area contributed by atoms with Gasteiger partial charge in [-0.05, 0) is 30.0 Å². The van der Waals surface area contributed by atoms with Crippen LogP contribution in [-0.4, -0.2) is 37.0 Å². The number of rotatable bonds is 5. The summed E-state index contributed by atoms with van der Waals surface area (Å²) in [6, 6.07) is 9.17. The van der Waals surface area contributed by atoms with E-state index in [9.17, 15) is 13.2 Å². The Hall–Kier alpha value is -2.22. The van der Waals surface area contributed by atoms with E-state index >= 15 is 0 Å². The number of amides is 1. The van der Waals surface area contributed by atoms with Gasteiger partial charge in [0.1, 0.15) is 11.6 Å². The van der Waals surface area contributed by atoms with Gasteiger partial charge in [0.05, 0.1) is 0 Å². The number of thioether (sulfide) groups is 1. The van der Waals surface area contributed by atoms with Crippen molar-refractivity contribution in [2.45, 2.75) is 9.24 Å². The smallest absolute Gasteiger partial charge is 0.268 e. The van der Waals surface area contributed by atoms with E-state index in [1.165, 1.54) is 6.08 Å². The van der Waals surface area contributed by atoms with Crippen molar-refractivity contribution in [2.24, 2.45) is 0 Å². The van der Waals surface area contributed by atoms with Crippen LogP contribution in [0.15, 0.2) is 39.1 Å². The molecule has 0 atom stereocenters. The molecule has 24 heavy (non-hydrogen) atoms. The predicted octanol–water partition coefficient (Wildman–Crippen LogP) is 2.21. The zero-order valence-electron chi connectivity index (χ0n) is 12.7. The topological polar surface area (TPSA) is 113 Å². The number of hydrogen-bond donors (Lipinski definition) is 1. The standard InChI is InChI=1S/C14H12N4O3S3/c1-22-11-5-3-9(4-6-11)7-10(8-15)12(19)16-13-17-18-14(23-13)24(2,20)21/h3-7H,1-2H3,(H,16,17,19)/b10-7-. The maximum atomic E-state index is 12.1. The Balaban J connectivity index is 2.18. The zero-order valence-corrected chi connectivity index (χ0v) is 15.1. The minimum atomic E-state index is -3.49. The Labute approximate surface area is 147 Å². The van der Waals surface area contributed by atoms with Crippen molar-refractivity contribution in [1.82, 2.24) is 10.2 Å². The van der Waals surface area contributed by atoms with Gasteiger partial charge in [-0.15, -0.1) is 22.0 Å². The molecule has 0 fully saturated rings. The first-order chi connectivity index (χ1) is 11.3. The first kappa shape index (κ1) is 18.1. The first-order valence-electron chi connectivity index (χ1n) is 6.44. The zero-order chi connectivity index (χ0) is 17.7. The number of aromatic nitrogens is 2. The minimum absolute atomic E-state index is 0.0132. The van der Waals surface area contributed by atoms with Gasteiger partial charge in [0, 0.05) is 11.2 Å². The van der Waals surface area contributed by atoms with Crippen molar-refractivity contribution in [3.63, 3.8) is 0 Å². The first-order valence-corrected chi connectivity index (χ1v) is 10.4. The Bertz CT molecular complexity index is 925. The van der Waals surface area contributed by atoms with E-state index in [1.54, 1.807) is 23.9 Å². The molecule has 0 radical (unpaired) electrons. The van der Waals surface area contributed by atoms with Gasteiger partial charge in [-0.2, -0.15) is 5.26 Å². The molecule has 0 saturated carbocycles. The second kappa shape index (κ2) is 7.57. The van der Waals surface area contributed by atoms with Crippen molar-refractivity contribution in [2.75, 3.05) is 17.8 Å². The molecule has 1 N–H and O–H groups in total. The van der Waals surface area contributed by atoms with Gasteiger partial charge >= 0.3 is 0 Å². The highest BCUT2D eigenvalue weighted by atomic mass is 32.2. The second-order valence-electron chi connectivity index (χ2n) is 4.54. The van der Waals surface area contributed by atoms with Crippen LogP contribution >= 0.6 is 23.1 Å². The van der Waals surface area contributed by atoms with Gasteiger partial charge in [-0.1, -0.05) is 23.5 Å². The lowest BCUT2D eigenvalue weighted by atomic mass is 10.1. The summed E-state index contributed by atoms with van der Waals surface area (Å²) in [4.78, 5) is 13.2. The fourth-order valence-electron chi connectivity index (χ4n) is 1.59. The molecule has 0 aliphatic heterocycles. The molecule has 0 spiro atoms. The molecule has 0 aliphatic rings. The van der Waals surface area contributed by atoms with Gasteiger partial charge in [0.15, 0.2) is 0 Å². The lowest BCUT2D eigenvalue weighted by molar-refractivity contribution is -0.112. The molecule has 10 heteroatoms. The number of nitriles is 1. The number of nitrogens with zero attached hydrogens (tertiary/aromatic N) is 3. The molecular formula is C14H12N4O3S3. The molecule has 0 saturated heterocycles. The highest BCUT2D eigenvalue weighted by Gasteiger charge is 2.17. The molecule has 0 aliphatic carbocycles. The Morgan fingerprint density at radius 1 is 1.33 bits per heavy atom.